The molecule has 0 amide bonds. The Labute approximate surface area is 108 Å². The van der Waals surface area contributed by atoms with Gasteiger partial charge in [-0.1, -0.05) is 6.07 Å². The van der Waals surface area contributed by atoms with E-state index in [0.29, 0.717) is 11.2 Å². The van der Waals surface area contributed by atoms with Crippen LogP contribution in [0.4, 0.5) is 5.82 Å². The molecule has 0 fully saturated rings. The lowest BCUT2D eigenvalue weighted by Gasteiger charge is -2.17. The molecule has 98 valence electrons. The quantitative estimate of drug-likeness (QED) is 0.864. The van der Waals surface area contributed by atoms with Crippen molar-refractivity contribution in [2.45, 2.75) is 0 Å². The van der Waals surface area contributed by atoms with Gasteiger partial charge >= 0.3 is 11.9 Å². The second kappa shape index (κ2) is 4.93. The fraction of sp³-hybridized carbons (Fsp3) is 0.154. The van der Waals surface area contributed by atoms with Crippen LogP contribution in [-0.4, -0.2) is 40.7 Å². The first kappa shape index (κ1) is 12.8. The molecule has 0 atom stereocenters. The smallest absolute Gasteiger partial charge is 0.335 e. The molecule has 1 heterocycles. The number of carbonyl (C=O) groups is 2. The Bertz CT molecular complexity index is 654. The molecule has 19 heavy (non-hydrogen) atoms. The minimum Gasteiger partial charge on any atom is -0.480 e. The number of fused-ring (bicyclic) bond motifs is 1. The van der Waals surface area contributed by atoms with Crippen molar-refractivity contribution in [1.82, 2.24) is 4.98 Å². The zero-order chi connectivity index (χ0) is 14.0. The van der Waals surface area contributed by atoms with E-state index in [1.165, 1.54) is 17.0 Å². The Balaban J connectivity index is 2.56. The molecule has 0 bridgehead atoms. The number of nitrogens with zero attached hydrogens (tertiary/aromatic N) is 2. The van der Waals surface area contributed by atoms with Crippen LogP contribution in [0.25, 0.3) is 10.8 Å². The standard InChI is InChI=1S/C13H12N2O4/c1-15(7-11(16)17)12-10-6-9(13(18)19)3-2-8(10)4-5-14-12/h2-6H,7H2,1H3,(H,16,17)(H,18,19). The number of carboxylic acid groups (broad SMARTS) is 2. The van der Waals surface area contributed by atoms with Crippen LogP contribution in [0.15, 0.2) is 30.5 Å². The van der Waals surface area contributed by atoms with Gasteiger partial charge in [0.25, 0.3) is 0 Å². The Morgan fingerprint density at radius 1 is 1.26 bits per heavy atom. The van der Waals surface area contributed by atoms with Crippen LogP contribution in [0.3, 0.4) is 0 Å². The SMILES string of the molecule is CN(CC(=O)O)c1nccc2ccc(C(=O)O)cc12. The summed E-state index contributed by atoms with van der Waals surface area (Å²) in [5.41, 5.74) is 0.144. The number of likely N-dealkylation sites (N-methyl/N-ethyl adjacent to an activating group) is 1. The fourth-order valence-corrected chi connectivity index (χ4v) is 1.87. The highest BCUT2D eigenvalue weighted by atomic mass is 16.4. The monoisotopic (exact) mass is 260 g/mol. The zero-order valence-electron chi connectivity index (χ0n) is 10.2. The molecule has 0 spiro atoms. The summed E-state index contributed by atoms with van der Waals surface area (Å²) in [5.74, 6) is -1.56. The number of rotatable bonds is 4. The van der Waals surface area contributed by atoms with Crippen molar-refractivity contribution in [2.24, 2.45) is 0 Å². The van der Waals surface area contributed by atoms with E-state index < -0.39 is 11.9 Å². The van der Waals surface area contributed by atoms with Gasteiger partial charge in [-0.05, 0) is 23.6 Å². The lowest BCUT2D eigenvalue weighted by Crippen LogP contribution is -2.26. The Morgan fingerprint density at radius 2 is 2.00 bits per heavy atom. The number of aliphatic carboxylic acids is 1. The van der Waals surface area contributed by atoms with E-state index in [4.69, 9.17) is 10.2 Å². The number of pyridine rings is 1. The third kappa shape index (κ3) is 2.62. The van der Waals surface area contributed by atoms with Crippen molar-refractivity contribution in [2.75, 3.05) is 18.5 Å². The second-order valence-corrected chi connectivity index (χ2v) is 4.13. The number of carboxylic acids is 2. The van der Waals surface area contributed by atoms with Gasteiger partial charge in [0.15, 0.2) is 0 Å². The normalized spacial score (nSPS) is 10.4. The van der Waals surface area contributed by atoms with E-state index in [-0.39, 0.29) is 12.1 Å². The highest BCUT2D eigenvalue weighted by Crippen LogP contribution is 2.24. The van der Waals surface area contributed by atoms with Crippen LogP contribution in [-0.2, 0) is 4.79 Å². The first-order chi connectivity index (χ1) is 8.99. The van der Waals surface area contributed by atoms with Gasteiger partial charge in [0.2, 0.25) is 0 Å². The molecular formula is C13H12N2O4. The molecule has 2 aromatic rings. The van der Waals surface area contributed by atoms with Crippen LogP contribution in [0.2, 0.25) is 0 Å². The van der Waals surface area contributed by atoms with Gasteiger partial charge in [-0.3, -0.25) is 4.79 Å². The van der Waals surface area contributed by atoms with Crippen molar-refractivity contribution >= 4 is 28.5 Å². The number of hydrogen-bond acceptors (Lipinski definition) is 4. The lowest BCUT2D eigenvalue weighted by atomic mass is 10.1. The Kier molecular flexibility index (Phi) is 3.33. The summed E-state index contributed by atoms with van der Waals surface area (Å²) in [7, 11) is 1.60. The molecule has 6 heteroatoms. The molecule has 2 N–H and O–H groups in total. The molecule has 2 rings (SSSR count). The van der Waals surface area contributed by atoms with Gasteiger partial charge < -0.3 is 15.1 Å². The maximum atomic E-state index is 11.0. The van der Waals surface area contributed by atoms with Crippen LogP contribution in [0.5, 0.6) is 0 Å². The number of aromatic carboxylic acids is 1. The minimum atomic E-state index is -1.03. The maximum Gasteiger partial charge on any atom is 0.335 e. The molecule has 0 aliphatic rings. The van der Waals surface area contributed by atoms with Gasteiger partial charge in [0, 0.05) is 18.6 Å². The average molecular weight is 260 g/mol. The third-order valence-corrected chi connectivity index (χ3v) is 2.73. The maximum absolute atomic E-state index is 11.0. The first-order valence-electron chi connectivity index (χ1n) is 5.54. The van der Waals surface area contributed by atoms with Gasteiger partial charge in [0.1, 0.15) is 12.4 Å². The molecule has 6 nitrogen and oxygen atoms in total. The van der Waals surface area contributed by atoms with E-state index in [2.05, 4.69) is 4.98 Å². The molecular weight excluding hydrogens is 248 g/mol. The van der Waals surface area contributed by atoms with Crippen molar-refractivity contribution < 1.29 is 19.8 Å². The highest BCUT2D eigenvalue weighted by molar-refractivity contribution is 5.99. The highest BCUT2D eigenvalue weighted by Gasteiger charge is 2.12. The first-order valence-corrected chi connectivity index (χ1v) is 5.54. The van der Waals surface area contributed by atoms with E-state index in [0.717, 1.165) is 5.39 Å². The van der Waals surface area contributed by atoms with E-state index >= 15 is 0 Å². The summed E-state index contributed by atoms with van der Waals surface area (Å²) in [6, 6.07) is 6.43. The predicted molar refractivity (Wildman–Crippen MR) is 69.6 cm³/mol. The van der Waals surface area contributed by atoms with E-state index in [1.54, 1.807) is 25.4 Å². The molecule has 1 aromatic carbocycles. The number of benzene rings is 1. The van der Waals surface area contributed by atoms with Crippen LogP contribution in [0.1, 0.15) is 10.4 Å². The topological polar surface area (TPSA) is 90.7 Å². The molecule has 0 unspecified atom stereocenters. The molecule has 1 aromatic heterocycles. The summed E-state index contributed by atoms with van der Waals surface area (Å²) in [5, 5.41) is 19.2. The lowest BCUT2D eigenvalue weighted by molar-refractivity contribution is -0.135. The summed E-state index contributed by atoms with van der Waals surface area (Å²) >= 11 is 0. The summed E-state index contributed by atoms with van der Waals surface area (Å²) in [6.07, 6.45) is 1.57. The molecule has 0 saturated carbocycles. The Hall–Kier alpha value is -2.63. The van der Waals surface area contributed by atoms with Crippen LogP contribution < -0.4 is 4.90 Å². The van der Waals surface area contributed by atoms with Crippen LogP contribution >= 0.6 is 0 Å². The summed E-state index contributed by atoms with van der Waals surface area (Å²) in [4.78, 5) is 27.3. The van der Waals surface area contributed by atoms with Crippen molar-refractivity contribution in [3.05, 3.63) is 36.0 Å². The number of hydrogen-bond donors (Lipinski definition) is 2. The van der Waals surface area contributed by atoms with E-state index in [9.17, 15) is 9.59 Å². The summed E-state index contributed by atoms with van der Waals surface area (Å²) in [6.45, 7) is -0.205. The fourth-order valence-electron chi connectivity index (χ4n) is 1.87. The summed E-state index contributed by atoms with van der Waals surface area (Å²) < 4.78 is 0. The average Bonchev–Trinajstić information content (AvgIpc) is 2.36. The third-order valence-electron chi connectivity index (χ3n) is 2.73. The zero-order valence-corrected chi connectivity index (χ0v) is 10.2. The minimum absolute atomic E-state index is 0.144. The van der Waals surface area contributed by atoms with Gasteiger partial charge in [-0.2, -0.15) is 0 Å². The molecule has 0 radical (unpaired) electrons. The van der Waals surface area contributed by atoms with Gasteiger partial charge in [-0.15, -0.1) is 0 Å². The number of aromatic nitrogens is 1. The largest absolute Gasteiger partial charge is 0.480 e. The van der Waals surface area contributed by atoms with Gasteiger partial charge in [0.05, 0.1) is 5.56 Å². The Morgan fingerprint density at radius 3 is 2.63 bits per heavy atom. The molecule has 0 aliphatic carbocycles. The van der Waals surface area contributed by atoms with E-state index in [1.807, 2.05) is 0 Å². The molecule has 0 saturated heterocycles. The van der Waals surface area contributed by atoms with Crippen molar-refractivity contribution in [3.63, 3.8) is 0 Å². The predicted octanol–water partition coefficient (Wildman–Crippen LogP) is 1.45. The van der Waals surface area contributed by atoms with Crippen LogP contribution in [0, 0.1) is 0 Å². The number of anilines is 1. The van der Waals surface area contributed by atoms with Gasteiger partial charge in [-0.25, -0.2) is 9.78 Å². The van der Waals surface area contributed by atoms with Crippen molar-refractivity contribution in [1.29, 1.82) is 0 Å². The van der Waals surface area contributed by atoms with Crippen molar-refractivity contribution in [3.8, 4) is 0 Å². The molecule has 0 aliphatic heterocycles. The second-order valence-electron chi connectivity index (χ2n) is 4.13.